The van der Waals surface area contributed by atoms with E-state index in [2.05, 4.69) is 15.9 Å². The monoisotopic (exact) mass is 508 g/mol. The van der Waals surface area contributed by atoms with Crippen molar-refractivity contribution in [3.8, 4) is 11.5 Å². The Labute approximate surface area is 199 Å². The molecule has 3 atom stereocenters. The number of anilines is 1. The number of imide groups is 1. The van der Waals surface area contributed by atoms with Gasteiger partial charge in [-0.25, -0.2) is 5.06 Å². The van der Waals surface area contributed by atoms with E-state index in [1.54, 1.807) is 17.2 Å². The van der Waals surface area contributed by atoms with Gasteiger partial charge in [-0.05, 0) is 51.3 Å². The number of ether oxygens (including phenoxy) is 1. The first-order valence-electron chi connectivity index (χ1n) is 10.5. The average molecular weight is 509 g/mol. The Morgan fingerprint density at radius 2 is 1.67 bits per heavy atom. The van der Waals surface area contributed by atoms with Gasteiger partial charge in [0.25, 0.3) is 5.91 Å². The van der Waals surface area contributed by atoms with E-state index in [9.17, 15) is 14.7 Å². The highest BCUT2D eigenvalue weighted by Gasteiger charge is 2.59. The molecule has 2 saturated heterocycles. The number of aromatic hydroxyl groups is 1. The molecule has 3 unspecified atom stereocenters. The summed E-state index contributed by atoms with van der Waals surface area (Å²) < 4.78 is 5.75. The van der Waals surface area contributed by atoms with Crippen LogP contribution in [0, 0.1) is 5.92 Å². The van der Waals surface area contributed by atoms with Gasteiger partial charge in [-0.1, -0.05) is 48.5 Å². The zero-order valence-electron chi connectivity index (χ0n) is 17.7. The molecule has 2 heterocycles. The molecule has 0 saturated carbocycles. The van der Waals surface area contributed by atoms with Crippen molar-refractivity contribution in [2.75, 3.05) is 12.2 Å². The van der Waals surface area contributed by atoms with Crippen LogP contribution in [-0.2, 0) is 21.0 Å². The van der Waals surface area contributed by atoms with Crippen LogP contribution >= 0.6 is 15.9 Å². The number of amides is 2. The minimum absolute atomic E-state index is 0.0393. The summed E-state index contributed by atoms with van der Waals surface area (Å²) >= 11 is 3.37. The van der Waals surface area contributed by atoms with E-state index in [-0.39, 0.29) is 29.9 Å². The number of halogens is 1. The van der Waals surface area contributed by atoms with Gasteiger partial charge in [-0.15, -0.1) is 0 Å². The number of para-hydroxylation sites is 1. The van der Waals surface area contributed by atoms with Crippen LogP contribution in [0.2, 0.25) is 0 Å². The van der Waals surface area contributed by atoms with E-state index in [0.29, 0.717) is 10.0 Å². The Morgan fingerprint density at radius 1 is 1.00 bits per heavy atom. The van der Waals surface area contributed by atoms with Gasteiger partial charge in [0.15, 0.2) is 17.6 Å². The minimum atomic E-state index is -0.940. The van der Waals surface area contributed by atoms with Gasteiger partial charge in [0.1, 0.15) is 5.92 Å². The standard InChI is InChI=1S/C25H21BrN2O5/c1-32-19-13-16(12-18(26)22(19)29)21-20-23(33-28(21)17-10-6-3-7-11-17)25(31)27(24(20)30)14-15-8-4-2-5-9-15/h2-13,20-21,23,29H,14H2,1H3. The van der Waals surface area contributed by atoms with Crippen LogP contribution in [-0.4, -0.2) is 35.0 Å². The fourth-order valence-electron chi connectivity index (χ4n) is 4.45. The van der Waals surface area contributed by atoms with E-state index in [1.165, 1.54) is 12.0 Å². The first-order valence-corrected chi connectivity index (χ1v) is 11.3. The van der Waals surface area contributed by atoms with Crippen LogP contribution in [0.1, 0.15) is 17.2 Å². The van der Waals surface area contributed by atoms with Gasteiger partial charge in [-0.2, -0.15) is 0 Å². The number of carbonyl (C=O) groups is 2. The molecule has 3 aromatic rings. The van der Waals surface area contributed by atoms with Crippen LogP contribution in [0.15, 0.2) is 77.3 Å². The summed E-state index contributed by atoms with van der Waals surface area (Å²) in [6.07, 6.45) is -0.940. The number of phenols is 1. The van der Waals surface area contributed by atoms with Gasteiger partial charge >= 0.3 is 0 Å². The summed E-state index contributed by atoms with van der Waals surface area (Å²) in [5, 5.41) is 11.9. The van der Waals surface area contributed by atoms with Crippen molar-refractivity contribution >= 4 is 33.4 Å². The van der Waals surface area contributed by atoms with E-state index >= 15 is 0 Å². The molecule has 0 bridgehead atoms. The molecule has 2 aliphatic rings. The third-order valence-corrected chi connectivity index (χ3v) is 6.62. The Morgan fingerprint density at radius 3 is 2.33 bits per heavy atom. The van der Waals surface area contributed by atoms with Crippen molar-refractivity contribution in [1.29, 1.82) is 0 Å². The van der Waals surface area contributed by atoms with Gasteiger partial charge in [0.2, 0.25) is 5.91 Å². The maximum Gasteiger partial charge on any atom is 0.262 e. The second-order valence-electron chi connectivity index (χ2n) is 7.96. The van der Waals surface area contributed by atoms with Crippen molar-refractivity contribution < 1.29 is 24.3 Å². The number of methoxy groups -OCH3 is 1. The number of rotatable bonds is 5. The van der Waals surface area contributed by atoms with Crippen molar-refractivity contribution in [1.82, 2.24) is 4.90 Å². The van der Waals surface area contributed by atoms with E-state index in [0.717, 1.165) is 11.3 Å². The second kappa shape index (κ2) is 8.53. The number of hydrogen-bond acceptors (Lipinski definition) is 6. The molecule has 5 rings (SSSR count). The number of hydrogen-bond donors (Lipinski definition) is 1. The maximum atomic E-state index is 13.6. The number of fused-ring (bicyclic) bond motifs is 1. The van der Waals surface area contributed by atoms with E-state index < -0.39 is 18.1 Å². The van der Waals surface area contributed by atoms with E-state index in [1.807, 2.05) is 60.7 Å². The fourth-order valence-corrected chi connectivity index (χ4v) is 4.91. The molecule has 3 aromatic carbocycles. The lowest BCUT2D eigenvalue weighted by Gasteiger charge is -2.29. The molecule has 0 aliphatic carbocycles. The van der Waals surface area contributed by atoms with Crippen LogP contribution in [0.4, 0.5) is 5.69 Å². The zero-order valence-corrected chi connectivity index (χ0v) is 19.3. The quantitative estimate of drug-likeness (QED) is 0.520. The van der Waals surface area contributed by atoms with Gasteiger partial charge in [-0.3, -0.25) is 19.3 Å². The molecule has 0 aromatic heterocycles. The predicted molar refractivity (Wildman–Crippen MR) is 124 cm³/mol. The van der Waals surface area contributed by atoms with Crippen molar-refractivity contribution in [2.24, 2.45) is 5.92 Å². The normalized spacial score (nSPS) is 22.1. The summed E-state index contributed by atoms with van der Waals surface area (Å²) in [6, 6.07) is 21.5. The second-order valence-corrected chi connectivity index (χ2v) is 8.81. The number of benzene rings is 3. The molecule has 168 valence electrons. The molecule has 2 aliphatic heterocycles. The summed E-state index contributed by atoms with van der Waals surface area (Å²) in [7, 11) is 1.46. The topological polar surface area (TPSA) is 79.3 Å². The third kappa shape index (κ3) is 3.65. The number of nitrogens with zero attached hydrogens (tertiary/aromatic N) is 2. The highest BCUT2D eigenvalue weighted by atomic mass is 79.9. The molecular weight excluding hydrogens is 488 g/mol. The zero-order chi connectivity index (χ0) is 23.1. The molecule has 1 N–H and O–H groups in total. The molecule has 8 heteroatoms. The third-order valence-electron chi connectivity index (χ3n) is 6.01. The molecular formula is C25H21BrN2O5. The van der Waals surface area contributed by atoms with Crippen LogP contribution in [0.3, 0.4) is 0 Å². The van der Waals surface area contributed by atoms with Crippen molar-refractivity contribution in [3.63, 3.8) is 0 Å². The smallest absolute Gasteiger partial charge is 0.262 e. The summed E-state index contributed by atoms with van der Waals surface area (Å²) in [5.41, 5.74) is 2.26. The Hall–Kier alpha value is -3.36. The Balaban J connectivity index is 1.57. The summed E-state index contributed by atoms with van der Waals surface area (Å²) in [6.45, 7) is 0.190. The SMILES string of the molecule is COc1cc(C2C3C(=O)N(Cc4ccccc4)C(=O)C3ON2c2ccccc2)cc(Br)c1O. The first kappa shape index (κ1) is 21.5. The number of hydroxylamine groups is 1. The van der Waals surface area contributed by atoms with Gasteiger partial charge < -0.3 is 9.84 Å². The minimum Gasteiger partial charge on any atom is -0.503 e. The lowest BCUT2D eigenvalue weighted by molar-refractivity contribution is -0.143. The molecule has 33 heavy (non-hydrogen) atoms. The highest BCUT2D eigenvalue weighted by molar-refractivity contribution is 9.10. The molecule has 2 fully saturated rings. The Kier molecular flexibility index (Phi) is 5.55. The van der Waals surface area contributed by atoms with Crippen molar-refractivity contribution in [3.05, 3.63) is 88.4 Å². The first-order chi connectivity index (χ1) is 16.0. The molecule has 0 radical (unpaired) electrons. The van der Waals surface area contributed by atoms with Gasteiger partial charge in [0, 0.05) is 0 Å². The van der Waals surface area contributed by atoms with E-state index in [4.69, 9.17) is 9.57 Å². The lowest BCUT2D eigenvalue weighted by atomic mass is 9.90. The van der Waals surface area contributed by atoms with Crippen LogP contribution < -0.4 is 9.80 Å². The summed E-state index contributed by atoms with van der Waals surface area (Å²) in [4.78, 5) is 34.3. The van der Waals surface area contributed by atoms with Crippen LogP contribution in [0.25, 0.3) is 0 Å². The number of carbonyl (C=O) groups excluding carboxylic acids is 2. The Bertz CT molecular complexity index is 1200. The fraction of sp³-hybridized carbons (Fsp3) is 0.200. The predicted octanol–water partition coefficient (Wildman–Crippen LogP) is 4.21. The number of likely N-dealkylation sites (tertiary alicyclic amines) is 1. The highest BCUT2D eigenvalue weighted by Crippen LogP contribution is 2.49. The maximum absolute atomic E-state index is 13.6. The molecule has 2 amide bonds. The largest absolute Gasteiger partial charge is 0.503 e. The average Bonchev–Trinajstić information content (AvgIpc) is 3.34. The summed E-state index contributed by atoms with van der Waals surface area (Å²) in [5.74, 6) is -1.18. The van der Waals surface area contributed by atoms with Crippen molar-refractivity contribution in [2.45, 2.75) is 18.7 Å². The molecule has 0 spiro atoms. The molecule has 7 nitrogen and oxygen atoms in total. The number of phenolic OH excluding ortho intramolecular Hbond substituents is 1. The lowest BCUT2D eigenvalue weighted by Crippen LogP contribution is -2.36. The van der Waals surface area contributed by atoms with Gasteiger partial charge in [0.05, 0.1) is 29.9 Å². The van der Waals surface area contributed by atoms with Crippen LogP contribution in [0.5, 0.6) is 11.5 Å².